The lowest BCUT2D eigenvalue weighted by Crippen LogP contribution is -2.30. The van der Waals surface area contributed by atoms with E-state index in [1.165, 1.54) is 0 Å². The summed E-state index contributed by atoms with van der Waals surface area (Å²) in [7, 11) is 0. The largest absolute Gasteiger partial charge is 0.481 e. The molecule has 6 nitrogen and oxygen atoms in total. The van der Waals surface area contributed by atoms with Crippen molar-refractivity contribution in [2.45, 2.75) is 19.8 Å². The molecule has 1 saturated carbocycles. The molecule has 2 aromatic rings. The fourth-order valence-corrected chi connectivity index (χ4v) is 3.83. The van der Waals surface area contributed by atoms with Gasteiger partial charge in [0, 0.05) is 18.7 Å². The zero-order valence-electron chi connectivity index (χ0n) is 14.0. The van der Waals surface area contributed by atoms with Crippen LogP contribution in [0.5, 0.6) is 0 Å². The minimum atomic E-state index is -0.808. The third-order valence-electron chi connectivity index (χ3n) is 5.32. The highest BCUT2D eigenvalue weighted by Gasteiger charge is 2.47. The number of carboxylic acid groups (broad SMARTS) is 1. The molecule has 25 heavy (non-hydrogen) atoms. The summed E-state index contributed by atoms with van der Waals surface area (Å²) in [4.78, 5) is 26.4. The molecule has 0 spiro atoms. The van der Waals surface area contributed by atoms with Gasteiger partial charge >= 0.3 is 5.97 Å². The third kappa shape index (κ3) is 2.81. The number of rotatable bonds is 4. The Hall–Kier alpha value is -2.63. The number of aliphatic carboxylic acids is 1. The van der Waals surface area contributed by atoms with Crippen molar-refractivity contribution in [3.05, 3.63) is 41.7 Å². The predicted octanol–water partition coefficient (Wildman–Crippen LogP) is 2.83. The number of hydrogen-bond acceptors (Lipinski definition) is 4. The lowest BCUT2D eigenvalue weighted by atomic mass is 9.92. The van der Waals surface area contributed by atoms with Crippen molar-refractivity contribution in [3.8, 4) is 11.3 Å². The van der Waals surface area contributed by atoms with Crippen molar-refractivity contribution in [2.75, 3.05) is 13.1 Å². The molecule has 2 heterocycles. The van der Waals surface area contributed by atoms with Crippen LogP contribution in [0, 0.1) is 24.7 Å². The SMILES string of the molecule is Cc1onc(-c2ccccc2)c1C(=O)N1C[C@H](C(=O)O)[C@@H](C2CC2)C1. The summed E-state index contributed by atoms with van der Waals surface area (Å²) < 4.78 is 5.28. The summed E-state index contributed by atoms with van der Waals surface area (Å²) in [5.74, 6) is -0.509. The maximum atomic E-state index is 13.1. The summed E-state index contributed by atoms with van der Waals surface area (Å²) >= 11 is 0. The van der Waals surface area contributed by atoms with Gasteiger partial charge in [0.1, 0.15) is 17.0 Å². The molecule has 0 bridgehead atoms. The number of hydrogen-bond donors (Lipinski definition) is 1. The first-order valence-corrected chi connectivity index (χ1v) is 8.60. The van der Waals surface area contributed by atoms with Crippen LogP contribution in [0.4, 0.5) is 0 Å². The highest BCUT2D eigenvalue weighted by Crippen LogP contribution is 2.44. The number of benzene rings is 1. The summed E-state index contributed by atoms with van der Waals surface area (Å²) in [6, 6.07) is 9.42. The molecule has 1 aromatic heterocycles. The zero-order chi connectivity index (χ0) is 17.6. The summed E-state index contributed by atoms with van der Waals surface area (Å²) in [5, 5.41) is 13.6. The fourth-order valence-electron chi connectivity index (χ4n) is 3.83. The van der Waals surface area contributed by atoms with Gasteiger partial charge in [-0.05, 0) is 31.6 Å². The Labute approximate surface area is 145 Å². The van der Waals surface area contributed by atoms with Crippen molar-refractivity contribution < 1.29 is 19.2 Å². The first-order valence-electron chi connectivity index (χ1n) is 8.60. The Kier molecular flexibility index (Phi) is 3.82. The second-order valence-electron chi connectivity index (χ2n) is 6.98. The molecule has 2 fully saturated rings. The molecule has 6 heteroatoms. The van der Waals surface area contributed by atoms with Crippen LogP contribution in [0.2, 0.25) is 0 Å². The smallest absolute Gasteiger partial charge is 0.308 e. The van der Waals surface area contributed by atoms with E-state index >= 15 is 0 Å². The molecule has 1 aliphatic heterocycles. The highest BCUT2D eigenvalue weighted by atomic mass is 16.5. The molecule has 0 unspecified atom stereocenters. The van der Waals surface area contributed by atoms with Gasteiger partial charge in [0.05, 0.1) is 5.92 Å². The molecule has 1 amide bonds. The molecule has 1 saturated heterocycles. The van der Waals surface area contributed by atoms with Gasteiger partial charge in [-0.25, -0.2) is 0 Å². The van der Waals surface area contributed by atoms with Gasteiger partial charge in [-0.2, -0.15) is 0 Å². The van der Waals surface area contributed by atoms with Crippen molar-refractivity contribution in [1.29, 1.82) is 0 Å². The van der Waals surface area contributed by atoms with E-state index in [0.717, 1.165) is 18.4 Å². The summed E-state index contributed by atoms with van der Waals surface area (Å²) in [5.41, 5.74) is 1.77. The Bertz CT molecular complexity index is 810. The molecule has 1 aliphatic carbocycles. The number of likely N-dealkylation sites (tertiary alicyclic amines) is 1. The van der Waals surface area contributed by atoms with Gasteiger partial charge in [0.25, 0.3) is 5.91 Å². The number of carboxylic acids is 1. The summed E-state index contributed by atoms with van der Waals surface area (Å²) in [6.45, 7) is 2.48. The van der Waals surface area contributed by atoms with Gasteiger partial charge in [-0.1, -0.05) is 35.5 Å². The second-order valence-corrected chi connectivity index (χ2v) is 6.98. The van der Waals surface area contributed by atoms with Crippen LogP contribution in [0.25, 0.3) is 11.3 Å². The number of carbonyl (C=O) groups is 2. The molecular formula is C19H20N2O4. The molecule has 130 valence electrons. The number of amides is 1. The van der Waals surface area contributed by atoms with E-state index in [4.69, 9.17) is 4.52 Å². The molecule has 4 rings (SSSR count). The molecule has 0 radical (unpaired) electrons. The standard InChI is InChI=1S/C19H20N2O4/c1-11-16(17(20-25-11)13-5-3-2-4-6-13)18(22)21-9-14(12-7-8-12)15(10-21)19(23)24/h2-6,12,14-15H,7-10H2,1H3,(H,23,24)/t14-,15+/m1/s1. The molecule has 2 atom stereocenters. The number of aromatic nitrogens is 1. The van der Waals surface area contributed by atoms with Gasteiger partial charge in [-0.3, -0.25) is 9.59 Å². The van der Waals surface area contributed by atoms with Crippen LogP contribution in [0.1, 0.15) is 29.0 Å². The monoisotopic (exact) mass is 340 g/mol. The lowest BCUT2D eigenvalue weighted by molar-refractivity contribution is -0.142. The van der Waals surface area contributed by atoms with Crippen LogP contribution < -0.4 is 0 Å². The summed E-state index contributed by atoms with van der Waals surface area (Å²) in [6.07, 6.45) is 2.13. The quantitative estimate of drug-likeness (QED) is 0.925. The van der Waals surface area contributed by atoms with E-state index in [9.17, 15) is 14.7 Å². The minimum Gasteiger partial charge on any atom is -0.481 e. The van der Waals surface area contributed by atoms with Crippen LogP contribution in [-0.4, -0.2) is 40.1 Å². The first-order chi connectivity index (χ1) is 12.1. The van der Waals surface area contributed by atoms with Gasteiger partial charge in [0.2, 0.25) is 0 Å². The average molecular weight is 340 g/mol. The molecule has 1 N–H and O–H groups in total. The van der Waals surface area contributed by atoms with E-state index in [1.54, 1.807) is 11.8 Å². The van der Waals surface area contributed by atoms with E-state index in [0.29, 0.717) is 29.5 Å². The van der Waals surface area contributed by atoms with Gasteiger partial charge in [-0.15, -0.1) is 0 Å². The number of carbonyl (C=O) groups excluding carboxylic acids is 1. The topological polar surface area (TPSA) is 83.6 Å². The zero-order valence-corrected chi connectivity index (χ0v) is 14.0. The van der Waals surface area contributed by atoms with E-state index in [-0.39, 0.29) is 18.4 Å². The predicted molar refractivity (Wildman–Crippen MR) is 89.9 cm³/mol. The molecule has 2 aliphatic rings. The fraction of sp³-hybridized carbons (Fsp3) is 0.421. The molecule has 1 aromatic carbocycles. The third-order valence-corrected chi connectivity index (χ3v) is 5.32. The van der Waals surface area contributed by atoms with Gasteiger partial charge < -0.3 is 14.5 Å². The van der Waals surface area contributed by atoms with Crippen molar-refractivity contribution in [3.63, 3.8) is 0 Å². The Morgan fingerprint density at radius 1 is 1.20 bits per heavy atom. The van der Waals surface area contributed by atoms with E-state index in [1.807, 2.05) is 30.3 Å². The van der Waals surface area contributed by atoms with Gasteiger partial charge in [0.15, 0.2) is 0 Å². The van der Waals surface area contributed by atoms with Crippen LogP contribution >= 0.6 is 0 Å². The van der Waals surface area contributed by atoms with Crippen molar-refractivity contribution >= 4 is 11.9 Å². The van der Waals surface area contributed by atoms with Crippen LogP contribution in [0.3, 0.4) is 0 Å². The second kappa shape index (κ2) is 6.02. The Morgan fingerprint density at radius 2 is 1.92 bits per heavy atom. The van der Waals surface area contributed by atoms with E-state index in [2.05, 4.69) is 5.16 Å². The maximum Gasteiger partial charge on any atom is 0.308 e. The van der Waals surface area contributed by atoms with Crippen LogP contribution in [-0.2, 0) is 4.79 Å². The average Bonchev–Trinajstić information content (AvgIpc) is 3.23. The maximum absolute atomic E-state index is 13.1. The number of nitrogens with zero attached hydrogens (tertiary/aromatic N) is 2. The van der Waals surface area contributed by atoms with Crippen molar-refractivity contribution in [2.24, 2.45) is 17.8 Å². The molecular weight excluding hydrogens is 320 g/mol. The normalized spacial score (nSPS) is 23.0. The Morgan fingerprint density at radius 3 is 2.56 bits per heavy atom. The minimum absolute atomic E-state index is 0.0572. The lowest BCUT2D eigenvalue weighted by Gasteiger charge is -2.16. The highest BCUT2D eigenvalue weighted by molar-refractivity contribution is 6.01. The van der Waals surface area contributed by atoms with Crippen LogP contribution in [0.15, 0.2) is 34.9 Å². The number of aryl methyl sites for hydroxylation is 1. The van der Waals surface area contributed by atoms with E-state index < -0.39 is 11.9 Å². The Balaban J connectivity index is 1.64. The first kappa shape index (κ1) is 15.9. The van der Waals surface area contributed by atoms with Crippen molar-refractivity contribution in [1.82, 2.24) is 10.1 Å².